The molecule has 2 atom stereocenters. The third-order valence-electron chi connectivity index (χ3n) is 3.61. The van der Waals surface area contributed by atoms with Gasteiger partial charge in [0.2, 0.25) is 5.89 Å². The van der Waals surface area contributed by atoms with Crippen LogP contribution in [0.25, 0.3) is 0 Å². The Morgan fingerprint density at radius 2 is 2.44 bits per heavy atom. The van der Waals surface area contributed by atoms with E-state index in [4.69, 9.17) is 4.52 Å². The number of aryl methyl sites for hydroxylation is 1. The predicted octanol–water partition coefficient (Wildman–Crippen LogP) is 0.562. The number of nitrogens with one attached hydrogen (secondary N) is 1. The number of hydrogen-bond acceptors (Lipinski definition) is 5. The van der Waals surface area contributed by atoms with E-state index in [0.717, 1.165) is 24.8 Å². The van der Waals surface area contributed by atoms with Crippen molar-refractivity contribution in [3.8, 4) is 0 Å². The zero-order valence-corrected chi connectivity index (χ0v) is 9.65. The second-order valence-corrected chi connectivity index (χ2v) is 4.89. The predicted molar refractivity (Wildman–Crippen MR) is 58.8 cm³/mol. The van der Waals surface area contributed by atoms with Crippen LogP contribution < -0.4 is 5.32 Å². The lowest BCUT2D eigenvalue weighted by Gasteiger charge is -2.24. The number of aromatic nitrogens is 2. The molecule has 2 saturated heterocycles. The maximum absolute atomic E-state index is 4.99. The van der Waals surface area contributed by atoms with E-state index in [2.05, 4.69) is 20.4 Å². The van der Waals surface area contributed by atoms with Crippen LogP contribution >= 0.6 is 0 Å². The standard InChI is InChI=1S/C11H18N4O/c1-8-13-11(14-16-8)7-15-5-9-3-2-4-12-10(9)6-15/h9-10,12H,2-7H2,1H3. The summed E-state index contributed by atoms with van der Waals surface area (Å²) in [5.74, 6) is 2.29. The Kier molecular flexibility index (Phi) is 2.65. The summed E-state index contributed by atoms with van der Waals surface area (Å²) in [6.45, 7) is 6.13. The van der Waals surface area contributed by atoms with Gasteiger partial charge >= 0.3 is 0 Å². The molecule has 5 nitrogen and oxygen atoms in total. The normalized spacial score (nSPS) is 30.6. The summed E-state index contributed by atoms with van der Waals surface area (Å²) < 4.78 is 4.99. The van der Waals surface area contributed by atoms with Crippen LogP contribution in [-0.4, -0.2) is 40.7 Å². The molecular weight excluding hydrogens is 204 g/mol. The van der Waals surface area contributed by atoms with E-state index in [0.29, 0.717) is 11.9 Å². The molecule has 0 spiro atoms. The molecule has 0 aliphatic carbocycles. The Morgan fingerprint density at radius 1 is 1.50 bits per heavy atom. The van der Waals surface area contributed by atoms with Gasteiger partial charge in [0.05, 0.1) is 6.54 Å². The second-order valence-electron chi connectivity index (χ2n) is 4.89. The van der Waals surface area contributed by atoms with Crippen molar-refractivity contribution in [3.05, 3.63) is 11.7 Å². The molecule has 1 N–H and O–H groups in total. The van der Waals surface area contributed by atoms with Crippen molar-refractivity contribution in [1.29, 1.82) is 0 Å². The Labute approximate surface area is 95.2 Å². The molecule has 16 heavy (non-hydrogen) atoms. The molecule has 0 saturated carbocycles. The molecule has 0 amide bonds. The van der Waals surface area contributed by atoms with E-state index in [1.54, 1.807) is 0 Å². The molecule has 1 aromatic rings. The van der Waals surface area contributed by atoms with Crippen molar-refractivity contribution >= 4 is 0 Å². The highest BCUT2D eigenvalue weighted by molar-refractivity contribution is 4.94. The largest absolute Gasteiger partial charge is 0.340 e. The summed E-state index contributed by atoms with van der Waals surface area (Å²) in [5, 5.41) is 7.54. The molecule has 3 heterocycles. The quantitative estimate of drug-likeness (QED) is 0.792. The van der Waals surface area contributed by atoms with Crippen molar-refractivity contribution in [2.45, 2.75) is 32.4 Å². The first-order valence-electron chi connectivity index (χ1n) is 6.06. The molecule has 2 aliphatic rings. The average molecular weight is 222 g/mol. The van der Waals surface area contributed by atoms with Crippen LogP contribution in [0.3, 0.4) is 0 Å². The van der Waals surface area contributed by atoms with E-state index in [1.165, 1.54) is 25.9 Å². The number of fused-ring (bicyclic) bond motifs is 1. The van der Waals surface area contributed by atoms with Gasteiger partial charge in [-0.05, 0) is 25.3 Å². The smallest absolute Gasteiger partial charge is 0.223 e. The van der Waals surface area contributed by atoms with E-state index < -0.39 is 0 Å². The van der Waals surface area contributed by atoms with E-state index in [9.17, 15) is 0 Å². The first kappa shape index (κ1) is 10.2. The third-order valence-corrected chi connectivity index (χ3v) is 3.61. The van der Waals surface area contributed by atoms with Crippen molar-refractivity contribution in [2.75, 3.05) is 19.6 Å². The summed E-state index contributed by atoms with van der Waals surface area (Å²) in [6, 6.07) is 0.682. The van der Waals surface area contributed by atoms with Crippen LogP contribution in [0.4, 0.5) is 0 Å². The molecule has 0 bridgehead atoms. The first-order chi connectivity index (χ1) is 7.81. The minimum atomic E-state index is 0.657. The molecule has 2 unspecified atom stereocenters. The number of likely N-dealkylation sites (tertiary alicyclic amines) is 1. The monoisotopic (exact) mass is 222 g/mol. The minimum absolute atomic E-state index is 0.657. The molecule has 2 aliphatic heterocycles. The van der Waals surface area contributed by atoms with Crippen LogP contribution in [0.5, 0.6) is 0 Å². The lowest BCUT2D eigenvalue weighted by Crippen LogP contribution is -2.40. The molecule has 2 fully saturated rings. The van der Waals surface area contributed by atoms with Gasteiger partial charge in [-0.25, -0.2) is 0 Å². The van der Waals surface area contributed by atoms with Crippen molar-refractivity contribution in [1.82, 2.24) is 20.4 Å². The van der Waals surface area contributed by atoms with Crippen LogP contribution in [0.2, 0.25) is 0 Å². The molecule has 0 aromatic carbocycles. The molecule has 88 valence electrons. The van der Waals surface area contributed by atoms with Crippen molar-refractivity contribution in [2.24, 2.45) is 5.92 Å². The number of piperidine rings is 1. The SMILES string of the molecule is Cc1nc(CN2CC3CCCNC3C2)no1. The van der Waals surface area contributed by atoms with Crippen LogP contribution in [-0.2, 0) is 6.54 Å². The van der Waals surface area contributed by atoms with Crippen molar-refractivity contribution < 1.29 is 4.52 Å². The van der Waals surface area contributed by atoms with Gasteiger partial charge in [-0.15, -0.1) is 0 Å². The highest BCUT2D eigenvalue weighted by atomic mass is 16.5. The van der Waals surface area contributed by atoms with Gasteiger partial charge < -0.3 is 9.84 Å². The Hall–Kier alpha value is -0.940. The van der Waals surface area contributed by atoms with Gasteiger partial charge in [-0.3, -0.25) is 4.90 Å². The highest BCUT2D eigenvalue weighted by Gasteiger charge is 2.34. The fourth-order valence-electron chi connectivity index (χ4n) is 2.87. The van der Waals surface area contributed by atoms with Gasteiger partial charge in [-0.2, -0.15) is 4.98 Å². The second kappa shape index (κ2) is 4.14. The molecular formula is C11H18N4O. The Balaban J connectivity index is 1.61. The van der Waals surface area contributed by atoms with Gasteiger partial charge in [-0.1, -0.05) is 5.16 Å². The molecule has 3 rings (SSSR count). The van der Waals surface area contributed by atoms with E-state index >= 15 is 0 Å². The summed E-state index contributed by atoms with van der Waals surface area (Å²) >= 11 is 0. The first-order valence-corrected chi connectivity index (χ1v) is 6.06. The minimum Gasteiger partial charge on any atom is -0.340 e. The maximum Gasteiger partial charge on any atom is 0.223 e. The van der Waals surface area contributed by atoms with Crippen LogP contribution in [0.15, 0.2) is 4.52 Å². The molecule has 5 heteroatoms. The fraction of sp³-hybridized carbons (Fsp3) is 0.818. The zero-order chi connectivity index (χ0) is 11.0. The molecule has 0 radical (unpaired) electrons. The lowest BCUT2D eigenvalue weighted by atomic mass is 9.94. The summed E-state index contributed by atoms with van der Waals surface area (Å²) in [7, 11) is 0. The Bertz CT molecular complexity index is 351. The molecule has 1 aromatic heterocycles. The highest BCUT2D eigenvalue weighted by Crippen LogP contribution is 2.25. The summed E-state index contributed by atoms with van der Waals surface area (Å²) in [5.41, 5.74) is 0. The van der Waals surface area contributed by atoms with Crippen LogP contribution in [0.1, 0.15) is 24.6 Å². The Morgan fingerprint density at radius 3 is 3.19 bits per heavy atom. The number of hydrogen-bond donors (Lipinski definition) is 1. The average Bonchev–Trinajstić information content (AvgIpc) is 2.84. The lowest BCUT2D eigenvalue weighted by molar-refractivity contribution is 0.296. The van der Waals surface area contributed by atoms with Gasteiger partial charge in [0.25, 0.3) is 0 Å². The summed E-state index contributed by atoms with van der Waals surface area (Å²) in [4.78, 5) is 6.68. The van der Waals surface area contributed by atoms with Crippen molar-refractivity contribution in [3.63, 3.8) is 0 Å². The van der Waals surface area contributed by atoms with E-state index in [1.807, 2.05) is 6.92 Å². The topological polar surface area (TPSA) is 54.2 Å². The van der Waals surface area contributed by atoms with Crippen LogP contribution in [0, 0.1) is 12.8 Å². The number of nitrogens with zero attached hydrogens (tertiary/aromatic N) is 3. The van der Waals surface area contributed by atoms with Gasteiger partial charge in [0.1, 0.15) is 0 Å². The third kappa shape index (κ3) is 1.97. The summed E-state index contributed by atoms with van der Waals surface area (Å²) in [6.07, 6.45) is 2.68. The maximum atomic E-state index is 4.99. The van der Waals surface area contributed by atoms with E-state index in [-0.39, 0.29) is 0 Å². The van der Waals surface area contributed by atoms with Gasteiger partial charge in [0, 0.05) is 26.1 Å². The fourth-order valence-corrected chi connectivity index (χ4v) is 2.87. The zero-order valence-electron chi connectivity index (χ0n) is 9.65. The van der Waals surface area contributed by atoms with Gasteiger partial charge in [0.15, 0.2) is 5.82 Å². The number of rotatable bonds is 2.